The standard InChI is InChI=1S/C21H14F10O4/c1-3-21(4-2,19(32)34-5-7-9(22)13(26)17(30)14(27)10(7)23)20(33)35-6-8-11(24)15(28)18(31)16(29)12(8)25/h3-6H2,1-2H3. The van der Waals surface area contributed by atoms with E-state index in [1.165, 1.54) is 13.8 Å². The number of esters is 2. The van der Waals surface area contributed by atoms with E-state index >= 15 is 0 Å². The Morgan fingerprint density at radius 3 is 0.971 bits per heavy atom. The van der Waals surface area contributed by atoms with Gasteiger partial charge in [0, 0.05) is 0 Å². The predicted octanol–water partition coefficient (Wildman–Crippen LogP) is 5.67. The number of carbonyl (C=O) groups is 2. The fourth-order valence-electron chi connectivity index (χ4n) is 3.02. The Balaban J connectivity index is 2.29. The van der Waals surface area contributed by atoms with Crippen LogP contribution in [0.5, 0.6) is 0 Å². The third-order valence-corrected chi connectivity index (χ3v) is 5.29. The van der Waals surface area contributed by atoms with Crippen molar-refractivity contribution in [1.29, 1.82) is 0 Å². The van der Waals surface area contributed by atoms with Crippen LogP contribution in [0.4, 0.5) is 43.9 Å². The van der Waals surface area contributed by atoms with Gasteiger partial charge in [0.15, 0.2) is 52.0 Å². The third kappa shape index (κ3) is 4.78. The Hall–Kier alpha value is -3.32. The number of hydrogen-bond acceptors (Lipinski definition) is 4. The number of rotatable bonds is 8. The molecule has 0 saturated carbocycles. The summed E-state index contributed by atoms with van der Waals surface area (Å²) in [6.45, 7) is -0.583. The molecule has 0 N–H and O–H groups in total. The quantitative estimate of drug-likeness (QED) is 0.148. The van der Waals surface area contributed by atoms with Gasteiger partial charge in [-0.15, -0.1) is 0 Å². The van der Waals surface area contributed by atoms with E-state index in [4.69, 9.17) is 0 Å². The smallest absolute Gasteiger partial charge is 0.323 e. The van der Waals surface area contributed by atoms with E-state index in [1.54, 1.807) is 0 Å². The first-order valence-corrected chi connectivity index (χ1v) is 9.61. The minimum Gasteiger partial charge on any atom is -0.460 e. The van der Waals surface area contributed by atoms with E-state index in [9.17, 15) is 53.5 Å². The molecule has 14 heteroatoms. The van der Waals surface area contributed by atoms with Gasteiger partial charge in [-0.1, -0.05) is 13.8 Å². The molecule has 192 valence electrons. The molecular formula is C21H14F10O4. The molecule has 0 unspecified atom stereocenters. The molecule has 2 aromatic rings. The van der Waals surface area contributed by atoms with E-state index in [0.29, 0.717) is 0 Å². The molecule has 0 bridgehead atoms. The highest BCUT2D eigenvalue weighted by molar-refractivity contribution is 6.00. The minimum atomic E-state index is -2.46. The molecule has 0 amide bonds. The van der Waals surface area contributed by atoms with Crippen LogP contribution >= 0.6 is 0 Å². The summed E-state index contributed by atoms with van der Waals surface area (Å²) in [6, 6.07) is 0. The summed E-state index contributed by atoms with van der Waals surface area (Å²) in [5.41, 5.74) is -5.37. The Labute approximate surface area is 190 Å². The van der Waals surface area contributed by atoms with Crippen molar-refractivity contribution in [2.45, 2.75) is 39.9 Å². The average molecular weight is 520 g/mol. The number of carbonyl (C=O) groups excluding carboxylic acids is 2. The molecular weight excluding hydrogens is 506 g/mol. The molecule has 35 heavy (non-hydrogen) atoms. The Morgan fingerprint density at radius 1 is 0.514 bits per heavy atom. The third-order valence-electron chi connectivity index (χ3n) is 5.29. The Kier molecular flexibility index (Phi) is 8.39. The van der Waals surface area contributed by atoms with Gasteiger partial charge in [-0.25, -0.2) is 43.9 Å². The summed E-state index contributed by atoms with van der Waals surface area (Å²) in [5, 5.41) is 0. The second-order valence-corrected chi connectivity index (χ2v) is 7.04. The minimum absolute atomic E-state index is 0.463. The van der Waals surface area contributed by atoms with Gasteiger partial charge < -0.3 is 9.47 Å². The van der Waals surface area contributed by atoms with E-state index in [-0.39, 0.29) is 0 Å². The number of hydrogen-bond donors (Lipinski definition) is 0. The Bertz CT molecular complexity index is 1030. The van der Waals surface area contributed by atoms with Gasteiger partial charge in [-0.2, -0.15) is 0 Å². The van der Waals surface area contributed by atoms with Gasteiger partial charge in [0.05, 0.1) is 11.1 Å². The maximum Gasteiger partial charge on any atom is 0.323 e. The molecule has 2 rings (SSSR count). The van der Waals surface area contributed by atoms with Crippen molar-refractivity contribution in [2.24, 2.45) is 5.41 Å². The van der Waals surface area contributed by atoms with Gasteiger partial charge in [0.1, 0.15) is 13.2 Å². The maximum atomic E-state index is 13.8. The van der Waals surface area contributed by atoms with Crippen LogP contribution in [0.2, 0.25) is 0 Å². The van der Waals surface area contributed by atoms with Crippen molar-refractivity contribution in [3.8, 4) is 0 Å². The molecule has 0 aromatic heterocycles. The van der Waals surface area contributed by atoms with Gasteiger partial charge in [-0.3, -0.25) is 9.59 Å². The lowest BCUT2D eigenvalue weighted by molar-refractivity contribution is -0.175. The first-order valence-electron chi connectivity index (χ1n) is 9.61. The highest BCUT2D eigenvalue weighted by atomic mass is 19.2. The second kappa shape index (κ2) is 10.5. The molecule has 0 saturated heterocycles. The lowest BCUT2D eigenvalue weighted by Crippen LogP contribution is -2.41. The highest BCUT2D eigenvalue weighted by Crippen LogP contribution is 2.33. The molecule has 0 aliphatic rings. The lowest BCUT2D eigenvalue weighted by Gasteiger charge is -2.27. The van der Waals surface area contributed by atoms with E-state index in [2.05, 4.69) is 9.47 Å². The lowest BCUT2D eigenvalue weighted by atomic mass is 9.82. The van der Waals surface area contributed by atoms with Crippen molar-refractivity contribution >= 4 is 11.9 Å². The number of ether oxygens (including phenoxy) is 2. The van der Waals surface area contributed by atoms with Crippen LogP contribution in [-0.4, -0.2) is 11.9 Å². The van der Waals surface area contributed by atoms with Crippen molar-refractivity contribution in [3.63, 3.8) is 0 Å². The Morgan fingerprint density at radius 2 is 0.743 bits per heavy atom. The molecule has 0 aliphatic carbocycles. The molecule has 2 aromatic carbocycles. The van der Waals surface area contributed by atoms with Crippen molar-refractivity contribution < 1.29 is 63.0 Å². The van der Waals surface area contributed by atoms with Crippen LogP contribution in [0.1, 0.15) is 37.8 Å². The fourth-order valence-corrected chi connectivity index (χ4v) is 3.02. The normalized spacial score (nSPS) is 11.5. The van der Waals surface area contributed by atoms with Crippen molar-refractivity contribution in [1.82, 2.24) is 0 Å². The highest BCUT2D eigenvalue weighted by Gasteiger charge is 2.46. The first-order chi connectivity index (χ1) is 16.3. The zero-order valence-electron chi connectivity index (χ0n) is 17.7. The van der Waals surface area contributed by atoms with Crippen LogP contribution in [-0.2, 0) is 32.3 Å². The van der Waals surface area contributed by atoms with E-state index in [0.717, 1.165) is 0 Å². The zero-order valence-corrected chi connectivity index (χ0v) is 17.7. The topological polar surface area (TPSA) is 52.6 Å². The molecule has 0 heterocycles. The van der Waals surface area contributed by atoms with Crippen LogP contribution in [0.25, 0.3) is 0 Å². The van der Waals surface area contributed by atoms with Gasteiger partial charge in [0.2, 0.25) is 11.6 Å². The summed E-state index contributed by atoms with van der Waals surface area (Å²) in [4.78, 5) is 25.1. The molecule has 0 fully saturated rings. The maximum absolute atomic E-state index is 13.8. The summed E-state index contributed by atoms with van der Waals surface area (Å²) in [5.74, 6) is -26.5. The largest absolute Gasteiger partial charge is 0.460 e. The molecule has 0 atom stereocenters. The van der Waals surface area contributed by atoms with Crippen LogP contribution in [0.15, 0.2) is 0 Å². The van der Waals surface area contributed by atoms with Crippen molar-refractivity contribution in [3.05, 3.63) is 69.3 Å². The zero-order chi connectivity index (χ0) is 26.8. The van der Waals surface area contributed by atoms with Crippen LogP contribution in [0.3, 0.4) is 0 Å². The first kappa shape index (κ1) is 27.9. The number of benzene rings is 2. The SMILES string of the molecule is CCC(CC)(C(=O)OCc1c(F)c(F)c(F)c(F)c1F)C(=O)OCc1c(F)c(F)c(F)c(F)c1F. The summed E-state index contributed by atoms with van der Waals surface area (Å²) in [6.07, 6.45) is -0.926. The van der Waals surface area contributed by atoms with E-state index < -0.39 is 113 Å². The van der Waals surface area contributed by atoms with Gasteiger partial charge >= 0.3 is 11.9 Å². The summed E-state index contributed by atoms with van der Waals surface area (Å²) < 4.78 is 144. The molecule has 4 nitrogen and oxygen atoms in total. The molecule has 0 radical (unpaired) electrons. The molecule has 0 aliphatic heterocycles. The van der Waals surface area contributed by atoms with Gasteiger partial charge in [-0.05, 0) is 12.8 Å². The van der Waals surface area contributed by atoms with E-state index in [1.807, 2.05) is 0 Å². The summed E-state index contributed by atoms with van der Waals surface area (Å²) in [7, 11) is 0. The summed E-state index contributed by atoms with van der Waals surface area (Å²) >= 11 is 0. The van der Waals surface area contributed by atoms with Crippen LogP contribution < -0.4 is 0 Å². The van der Waals surface area contributed by atoms with Gasteiger partial charge in [0.25, 0.3) is 0 Å². The number of halogens is 10. The molecule has 0 spiro atoms. The monoisotopic (exact) mass is 520 g/mol. The fraction of sp³-hybridized carbons (Fsp3) is 0.333. The average Bonchev–Trinajstić information content (AvgIpc) is 2.84. The predicted molar refractivity (Wildman–Crippen MR) is 95.1 cm³/mol. The second-order valence-electron chi connectivity index (χ2n) is 7.04. The van der Waals surface area contributed by atoms with Crippen LogP contribution in [0, 0.1) is 63.6 Å². The van der Waals surface area contributed by atoms with Crippen molar-refractivity contribution in [2.75, 3.05) is 0 Å².